The minimum Gasteiger partial charge on any atom is -0.593 e. The predicted octanol–water partition coefficient (Wildman–Crippen LogP) is -6.68. The molecule has 0 heterocycles. The van der Waals surface area contributed by atoms with Crippen LogP contribution in [0.5, 0.6) is 0 Å². The summed E-state index contributed by atoms with van der Waals surface area (Å²) in [7, 11) is -25.9. The van der Waals surface area contributed by atoms with E-state index in [1.54, 1.807) is 0 Å². The molecule has 0 aliphatic heterocycles. The highest BCUT2D eigenvalue weighted by Gasteiger charge is 3.07. The quantitative estimate of drug-likeness (QED) is 0.195. The highest BCUT2D eigenvalue weighted by molar-refractivity contribution is 7.50. The van der Waals surface area contributed by atoms with E-state index in [0.29, 0.717) is 0 Å². The summed E-state index contributed by atoms with van der Waals surface area (Å²) >= 11 is 0. The molecule has 1 rings (SSSR count). The molecule has 27 heavy (non-hydrogen) atoms. The highest BCUT2D eigenvalue weighted by atomic mass is 31.1. The molecular weight excluding hydrogens is 483 g/mol. The van der Waals surface area contributed by atoms with Crippen LogP contribution in [0.15, 0.2) is 0 Å². The van der Waals surface area contributed by atoms with E-state index in [1.807, 2.05) is 0 Å². The molecule has 0 bridgehead atoms. The molecule has 0 aromatic rings. The summed E-state index contributed by atoms with van der Waals surface area (Å²) < 4.78 is 57.1. The Hall–Kier alpha value is 0.0600. The third kappa shape index (κ3) is 2.48. The van der Waals surface area contributed by atoms with Crippen LogP contribution in [0.25, 0.3) is 0 Å². The van der Waals surface area contributed by atoms with Gasteiger partial charge in [-0.05, 0) is 0 Å². The van der Waals surface area contributed by atoms with Crippen molar-refractivity contribution in [3.05, 3.63) is 0 Å². The molecule has 152 valence electrons. The summed E-state index contributed by atoms with van der Waals surface area (Å²) in [4.78, 5) is 57.1. The average molecular weight is 490 g/mol. The lowest BCUT2D eigenvalue weighted by Gasteiger charge is -2.49. The molecule has 0 aromatic carbocycles. The van der Waals surface area contributed by atoms with Gasteiger partial charge in [0.2, 0.25) is 6.10 Å². The van der Waals surface area contributed by atoms with E-state index in [9.17, 15) is 77.9 Å². The second kappa shape index (κ2) is 7.09. The summed E-state index contributed by atoms with van der Waals surface area (Å²) in [5.41, 5.74) is 0. The third-order valence-electron chi connectivity index (χ3n) is 4.11. The molecule has 1 fully saturated rings. The van der Waals surface area contributed by atoms with Crippen LogP contribution in [0.3, 0.4) is 0 Å². The van der Waals surface area contributed by atoms with E-state index in [2.05, 4.69) is 0 Å². The Bertz CT molecular complexity index is 716. The molecule has 21 heteroatoms. The lowest BCUT2D eigenvalue weighted by Crippen LogP contribution is -2.88. The Morgan fingerprint density at radius 1 is 0.519 bits per heavy atom. The number of rotatable bonds is 5. The van der Waals surface area contributed by atoms with E-state index in [1.165, 1.54) is 0 Å². The average Bonchev–Trinajstić information content (AvgIpc) is 2.54. The number of aliphatic hydroxyl groups is 6. The third-order valence-corrected chi connectivity index (χ3v) is 10.6. The van der Waals surface area contributed by atoms with E-state index >= 15 is 0 Å². The fourth-order valence-corrected chi connectivity index (χ4v) is 9.05. The molecule has 1 aliphatic rings. The lowest BCUT2D eigenvalue weighted by atomic mass is 9.81. The van der Waals surface area contributed by atoms with Crippen LogP contribution in [-0.2, 0) is 22.8 Å². The molecule has 0 aromatic heterocycles. The van der Waals surface area contributed by atoms with Crippen LogP contribution in [-0.4, -0.2) is 63.5 Å². The first-order valence-corrected chi connectivity index (χ1v) is 11.8. The molecule has 0 spiro atoms. The second-order valence-corrected chi connectivity index (χ2v) is 11.0. The van der Waals surface area contributed by atoms with E-state index < -0.39 is 73.0 Å². The molecule has 0 amide bonds. The lowest BCUT2D eigenvalue weighted by molar-refractivity contribution is -0.344. The Balaban J connectivity index is 4.43. The summed E-state index contributed by atoms with van der Waals surface area (Å²) in [6.45, 7) is 0. The fourth-order valence-electron chi connectivity index (χ4n) is 2.65. The van der Waals surface area contributed by atoms with Gasteiger partial charge in [0.05, 0.1) is 0 Å². The smallest absolute Gasteiger partial charge is 0.425 e. The van der Waals surface area contributed by atoms with Crippen LogP contribution in [0.4, 0.5) is 0 Å². The van der Waals surface area contributed by atoms with E-state index in [-0.39, 0.29) is 0 Å². The van der Waals surface area contributed by atoms with Gasteiger partial charge in [-0.2, -0.15) is 0 Å². The van der Waals surface area contributed by atoms with Crippen LogP contribution in [0.2, 0.25) is 0 Å². The van der Waals surface area contributed by atoms with Crippen LogP contribution < -0.4 is 24.5 Å². The second-order valence-electron chi connectivity index (χ2n) is 5.16. The fraction of sp³-hybridized carbons (Fsp3) is 1.00. The van der Waals surface area contributed by atoms with Gasteiger partial charge in [0.1, 0.15) is 0 Å². The van der Waals surface area contributed by atoms with Crippen molar-refractivity contribution in [3.8, 4) is 0 Å². The van der Waals surface area contributed by atoms with Gasteiger partial charge >= 0.3 is 66.9 Å². The first kappa shape index (κ1) is 25.1. The zero-order chi connectivity index (χ0) is 22.0. The van der Waals surface area contributed by atoms with Crippen molar-refractivity contribution in [3.63, 3.8) is 0 Å². The van der Waals surface area contributed by atoms with Crippen molar-refractivity contribution >= 4 is 40.1 Å². The Kier molecular flexibility index (Phi) is 6.59. The van der Waals surface area contributed by atoms with Gasteiger partial charge in [-0.1, -0.05) is 22.8 Å². The van der Waals surface area contributed by atoms with Crippen molar-refractivity contribution in [2.45, 2.75) is 32.8 Å². The summed E-state index contributed by atoms with van der Waals surface area (Å²) in [6, 6.07) is 0. The minimum atomic E-state index is -5.31. The topological polar surface area (TPSA) is 322 Å². The zero-order valence-corrected chi connectivity index (χ0v) is 16.6. The summed E-state index contributed by atoms with van der Waals surface area (Å²) in [6.07, 6.45) is -4.11. The van der Waals surface area contributed by atoms with Gasteiger partial charge in [-0.15, -0.1) is 0 Å². The molecule has 7 unspecified atom stereocenters. The van der Waals surface area contributed by atoms with Gasteiger partial charge in [-0.25, -0.2) is 0 Å². The van der Waals surface area contributed by atoms with Gasteiger partial charge in [0.15, 0.2) is 0 Å². The number of aliphatic hydroxyl groups excluding tert-OH is 1. The van der Waals surface area contributed by atoms with Crippen molar-refractivity contribution in [2.75, 3.05) is 0 Å². The molecule has 16 nitrogen and oxygen atoms in total. The first-order chi connectivity index (χ1) is 11.9. The first-order valence-electron chi connectivity index (χ1n) is 5.90. The monoisotopic (exact) mass is 490 g/mol. The van der Waals surface area contributed by atoms with Gasteiger partial charge < -0.3 is 55.1 Å². The molecule has 0 saturated heterocycles. The molecule has 6 N–H and O–H groups in total. The van der Waals surface area contributed by atoms with Gasteiger partial charge in [-0.3, -0.25) is 0 Å². The normalized spacial score (nSPS) is 47.8. The van der Waals surface area contributed by atoms with Crippen LogP contribution in [0, 0.1) is 0 Å². The minimum absolute atomic E-state index is 4.11. The molecular formula is C6H7O16P5. The predicted molar refractivity (Wildman–Crippen MR) is 68.8 cm³/mol. The van der Waals surface area contributed by atoms with E-state index in [4.69, 9.17) is 0 Å². The molecule has 1 saturated carbocycles. The van der Waals surface area contributed by atoms with Gasteiger partial charge in [0, 0.05) is 0 Å². The Labute approximate surface area is 151 Å². The van der Waals surface area contributed by atoms with Crippen molar-refractivity contribution < 1.29 is 77.9 Å². The van der Waals surface area contributed by atoms with Crippen LogP contribution in [0.1, 0.15) is 0 Å². The summed E-state index contributed by atoms with van der Waals surface area (Å²) in [5.74, 6) is 0. The van der Waals surface area contributed by atoms with E-state index in [0.717, 1.165) is 0 Å². The van der Waals surface area contributed by atoms with Crippen molar-refractivity contribution in [2.24, 2.45) is 0 Å². The maximum absolute atomic E-state index is 11.5. The highest BCUT2D eigenvalue weighted by Crippen LogP contribution is 2.75. The zero-order valence-electron chi connectivity index (χ0n) is 12.1. The SMILES string of the molecule is O=[P+]([O-])C1(O)[C@](O)([P+](=O)[O-])[C@](O)([P+](=O)[O-])C(O)[C@](O)([P+](=O)[O-])[C@@]1(O)[P+](=O)[O-]. The van der Waals surface area contributed by atoms with Crippen LogP contribution >= 0.6 is 40.1 Å². The molecule has 1 aliphatic carbocycles. The summed E-state index contributed by atoms with van der Waals surface area (Å²) in [5, 5.41) is 34.8. The number of hydrogen-bond donors (Lipinski definition) is 6. The van der Waals surface area contributed by atoms with Crippen molar-refractivity contribution in [1.82, 2.24) is 0 Å². The largest absolute Gasteiger partial charge is 0.593 e. The molecule has 11 atom stereocenters. The standard InChI is InChI=1S/C6H7O16P5/c7-1-2(8,23(13)14)4(10,25(17)18)6(12,27(21)22)5(11,26(19)20)3(1,9)24(15)16/h1,7-12H/t1?,2-,3+,4-,5-,6?/m1/s1. The number of hydrogen-bond acceptors (Lipinski definition) is 16. The molecule has 0 radical (unpaired) electrons. The Morgan fingerprint density at radius 2 is 0.741 bits per heavy atom. The van der Waals surface area contributed by atoms with Gasteiger partial charge in [0.25, 0.3) is 0 Å². The van der Waals surface area contributed by atoms with Crippen molar-refractivity contribution in [1.29, 1.82) is 0 Å². The maximum Gasteiger partial charge on any atom is 0.425 e. The maximum atomic E-state index is 11.5. The Morgan fingerprint density at radius 3 is 0.889 bits per heavy atom.